The Balaban J connectivity index is 1.78. The first-order valence-corrected chi connectivity index (χ1v) is 8.30. The molecule has 1 aromatic carbocycles. The van der Waals surface area contributed by atoms with Crippen LogP contribution in [-0.4, -0.2) is 24.6 Å². The molecule has 6 nitrogen and oxygen atoms in total. The Bertz CT molecular complexity index is 657. The molecule has 0 radical (unpaired) electrons. The molecule has 7 heteroatoms. The van der Waals surface area contributed by atoms with Crippen LogP contribution in [0, 0.1) is 17.2 Å². The second-order valence-corrected chi connectivity index (χ2v) is 6.34. The fraction of sp³-hybridized carbons (Fsp3) is 0.471. The summed E-state index contributed by atoms with van der Waals surface area (Å²) in [6, 6.07) is 6.05. The topological polar surface area (TPSA) is 91.2 Å². The van der Waals surface area contributed by atoms with Gasteiger partial charge in [-0.1, -0.05) is 31.4 Å². The van der Waals surface area contributed by atoms with E-state index in [0.29, 0.717) is 11.5 Å². The van der Waals surface area contributed by atoms with E-state index in [4.69, 9.17) is 21.6 Å². The molecule has 0 aromatic heterocycles. The van der Waals surface area contributed by atoms with E-state index in [0.717, 1.165) is 19.3 Å². The number of benzene rings is 1. The molecular weight excluding hydrogens is 330 g/mol. The van der Waals surface area contributed by atoms with Gasteiger partial charge in [0.25, 0.3) is 5.91 Å². The van der Waals surface area contributed by atoms with Crippen molar-refractivity contribution < 1.29 is 14.3 Å². The molecule has 0 saturated heterocycles. The quantitative estimate of drug-likeness (QED) is 0.874. The van der Waals surface area contributed by atoms with Crippen molar-refractivity contribution in [2.24, 2.45) is 5.92 Å². The largest absolute Gasteiger partial charge is 0.482 e. The Hall–Kier alpha value is -2.26. The minimum atomic E-state index is -0.559. The number of hydrogen-bond acceptors (Lipinski definition) is 4. The summed E-state index contributed by atoms with van der Waals surface area (Å²) < 4.78 is 5.28. The van der Waals surface area contributed by atoms with Gasteiger partial charge in [0, 0.05) is 6.04 Å². The van der Waals surface area contributed by atoms with Crippen molar-refractivity contribution in [3.8, 4) is 11.8 Å². The van der Waals surface area contributed by atoms with Crippen molar-refractivity contribution in [1.29, 1.82) is 5.26 Å². The summed E-state index contributed by atoms with van der Waals surface area (Å²) in [4.78, 5) is 23.7. The number of nitriles is 1. The van der Waals surface area contributed by atoms with Crippen LogP contribution in [0.3, 0.4) is 0 Å². The predicted octanol–water partition coefficient (Wildman–Crippen LogP) is 2.99. The van der Waals surface area contributed by atoms with Gasteiger partial charge in [0.05, 0.1) is 16.7 Å². The van der Waals surface area contributed by atoms with E-state index in [9.17, 15) is 9.59 Å². The van der Waals surface area contributed by atoms with E-state index in [-0.39, 0.29) is 23.4 Å². The molecule has 3 amide bonds. The van der Waals surface area contributed by atoms with E-state index in [2.05, 4.69) is 17.6 Å². The Morgan fingerprint density at radius 2 is 2.12 bits per heavy atom. The normalized spacial score (nSPS) is 19.9. The number of nitrogens with one attached hydrogen (secondary N) is 2. The van der Waals surface area contributed by atoms with E-state index in [1.807, 2.05) is 6.07 Å². The summed E-state index contributed by atoms with van der Waals surface area (Å²) in [5.74, 6) is 0.136. The maximum atomic E-state index is 11.9. The summed E-state index contributed by atoms with van der Waals surface area (Å²) in [6.45, 7) is 1.77. The van der Waals surface area contributed by atoms with E-state index < -0.39 is 11.9 Å². The second kappa shape index (κ2) is 8.55. The fourth-order valence-corrected chi connectivity index (χ4v) is 2.96. The van der Waals surface area contributed by atoms with Crippen molar-refractivity contribution in [3.05, 3.63) is 28.8 Å². The van der Waals surface area contributed by atoms with E-state index in [1.54, 1.807) is 0 Å². The van der Waals surface area contributed by atoms with Crippen molar-refractivity contribution in [1.82, 2.24) is 10.6 Å². The van der Waals surface area contributed by atoms with E-state index in [1.165, 1.54) is 24.6 Å². The van der Waals surface area contributed by atoms with Crippen LogP contribution in [0.5, 0.6) is 5.75 Å². The fourth-order valence-electron chi connectivity index (χ4n) is 2.73. The number of nitrogens with zero attached hydrogens (tertiary/aromatic N) is 1. The van der Waals surface area contributed by atoms with Crippen LogP contribution in [0.4, 0.5) is 4.79 Å². The molecule has 1 aliphatic carbocycles. The summed E-state index contributed by atoms with van der Waals surface area (Å²) in [6.07, 6.45) is 4.28. The number of carbonyl (C=O) groups is 2. The van der Waals surface area contributed by atoms with Gasteiger partial charge in [-0.3, -0.25) is 10.1 Å². The minimum Gasteiger partial charge on any atom is -0.482 e. The number of halogens is 1. The molecule has 128 valence electrons. The number of rotatable bonds is 4. The second-order valence-electron chi connectivity index (χ2n) is 5.94. The SMILES string of the molecule is CC1CCCCC1NC(=O)NC(=O)COc1ccc(C#N)cc1Cl. The lowest BCUT2D eigenvalue weighted by molar-refractivity contribution is -0.122. The maximum absolute atomic E-state index is 11.9. The highest BCUT2D eigenvalue weighted by molar-refractivity contribution is 6.32. The Morgan fingerprint density at radius 1 is 1.38 bits per heavy atom. The van der Waals surface area contributed by atoms with Gasteiger partial charge in [0.15, 0.2) is 6.61 Å². The molecule has 2 atom stereocenters. The van der Waals surface area contributed by atoms with Gasteiger partial charge in [-0.15, -0.1) is 0 Å². The summed E-state index contributed by atoms with van der Waals surface area (Å²) in [7, 11) is 0. The van der Waals surface area contributed by atoms with Gasteiger partial charge in [-0.05, 0) is 37.0 Å². The molecule has 24 heavy (non-hydrogen) atoms. The molecule has 0 spiro atoms. The van der Waals surface area contributed by atoms with Gasteiger partial charge in [0.1, 0.15) is 5.75 Å². The number of amides is 3. The highest BCUT2D eigenvalue weighted by atomic mass is 35.5. The zero-order valence-electron chi connectivity index (χ0n) is 13.5. The van der Waals surface area contributed by atoms with Crippen LogP contribution in [0.1, 0.15) is 38.2 Å². The molecule has 2 unspecified atom stereocenters. The number of ether oxygens (including phenoxy) is 1. The molecule has 1 aromatic rings. The summed E-state index contributed by atoms with van der Waals surface area (Å²) in [5, 5.41) is 14.1. The lowest BCUT2D eigenvalue weighted by atomic mass is 9.86. The molecule has 2 N–H and O–H groups in total. The van der Waals surface area contributed by atoms with Crippen LogP contribution in [0.25, 0.3) is 0 Å². The Kier molecular flexibility index (Phi) is 6.44. The standard InChI is InChI=1S/C17H20ClN3O3/c1-11-4-2-3-5-14(11)20-17(23)21-16(22)10-24-15-7-6-12(9-19)8-13(15)18/h6-8,11,14H,2-5,10H2,1H3,(H2,20,21,22,23). The Morgan fingerprint density at radius 3 is 2.79 bits per heavy atom. The molecule has 0 bridgehead atoms. The summed E-state index contributed by atoms with van der Waals surface area (Å²) in [5.41, 5.74) is 0.401. The van der Waals surface area contributed by atoms with Gasteiger partial charge < -0.3 is 10.1 Å². The zero-order chi connectivity index (χ0) is 17.5. The van der Waals surface area contributed by atoms with Crippen LogP contribution in [0.15, 0.2) is 18.2 Å². The van der Waals surface area contributed by atoms with Crippen LogP contribution < -0.4 is 15.4 Å². The average Bonchev–Trinajstić information content (AvgIpc) is 2.55. The first-order valence-electron chi connectivity index (χ1n) is 7.92. The Labute approximate surface area is 146 Å². The first-order chi connectivity index (χ1) is 11.5. The van der Waals surface area contributed by atoms with Gasteiger partial charge in [-0.2, -0.15) is 5.26 Å². The lowest BCUT2D eigenvalue weighted by Crippen LogP contribution is -2.48. The maximum Gasteiger partial charge on any atom is 0.321 e. The zero-order valence-corrected chi connectivity index (χ0v) is 14.2. The molecule has 0 heterocycles. The van der Waals surface area contributed by atoms with Crippen LogP contribution in [-0.2, 0) is 4.79 Å². The van der Waals surface area contributed by atoms with Crippen LogP contribution >= 0.6 is 11.6 Å². The molecule has 0 aliphatic heterocycles. The highest BCUT2D eigenvalue weighted by Gasteiger charge is 2.23. The molecular formula is C17H20ClN3O3. The highest BCUT2D eigenvalue weighted by Crippen LogP contribution is 2.25. The summed E-state index contributed by atoms with van der Waals surface area (Å²) >= 11 is 5.96. The van der Waals surface area contributed by atoms with E-state index >= 15 is 0 Å². The monoisotopic (exact) mass is 349 g/mol. The third-order valence-electron chi connectivity index (χ3n) is 4.10. The van der Waals surface area contributed by atoms with Gasteiger partial charge >= 0.3 is 6.03 Å². The third kappa shape index (κ3) is 5.14. The van der Waals surface area contributed by atoms with Crippen molar-refractivity contribution in [2.75, 3.05) is 6.61 Å². The number of carbonyl (C=O) groups excluding carboxylic acids is 2. The van der Waals surface area contributed by atoms with Crippen molar-refractivity contribution in [3.63, 3.8) is 0 Å². The average molecular weight is 350 g/mol. The lowest BCUT2D eigenvalue weighted by Gasteiger charge is -2.29. The van der Waals surface area contributed by atoms with Crippen molar-refractivity contribution >= 4 is 23.5 Å². The third-order valence-corrected chi connectivity index (χ3v) is 4.40. The molecule has 1 aliphatic rings. The minimum absolute atomic E-state index is 0.0976. The van der Waals surface area contributed by atoms with Crippen molar-refractivity contribution in [2.45, 2.75) is 38.6 Å². The van der Waals surface area contributed by atoms with Gasteiger partial charge in [0.2, 0.25) is 0 Å². The number of imide groups is 1. The number of urea groups is 1. The molecule has 1 saturated carbocycles. The number of hydrogen-bond donors (Lipinski definition) is 2. The smallest absolute Gasteiger partial charge is 0.321 e. The molecule has 2 rings (SSSR count). The first kappa shape index (κ1) is 18.1. The van der Waals surface area contributed by atoms with Gasteiger partial charge in [-0.25, -0.2) is 4.79 Å². The predicted molar refractivity (Wildman–Crippen MR) is 89.8 cm³/mol. The van der Waals surface area contributed by atoms with Crippen LogP contribution in [0.2, 0.25) is 5.02 Å². The molecule has 1 fully saturated rings.